The normalized spacial score (nSPS) is 12.0. The van der Waals surface area contributed by atoms with Gasteiger partial charge >= 0.3 is 0 Å². The van der Waals surface area contributed by atoms with Crippen LogP contribution in [0.3, 0.4) is 0 Å². The van der Waals surface area contributed by atoms with Gasteiger partial charge in [-0.3, -0.25) is 9.59 Å². The highest BCUT2D eigenvalue weighted by molar-refractivity contribution is 5.96. The fourth-order valence-corrected chi connectivity index (χ4v) is 3.88. The maximum Gasteiger partial charge on any atom is 0.265 e. The predicted molar refractivity (Wildman–Crippen MR) is 136 cm³/mol. The van der Waals surface area contributed by atoms with E-state index in [1.807, 2.05) is 63.2 Å². The summed E-state index contributed by atoms with van der Waals surface area (Å²) >= 11 is 0. The number of carbonyl (C=O) groups excluding carboxylic acids is 1. The van der Waals surface area contributed by atoms with Gasteiger partial charge in [0.05, 0.1) is 0 Å². The van der Waals surface area contributed by atoms with Gasteiger partial charge in [0.1, 0.15) is 11.6 Å². The first-order chi connectivity index (χ1) is 16.3. The number of nitrogens with two attached hydrogens (primary N) is 1. The number of carbonyl (C=O) groups is 1. The lowest BCUT2D eigenvalue weighted by Crippen LogP contribution is -2.34. The van der Waals surface area contributed by atoms with E-state index in [0.717, 1.165) is 21.9 Å². The summed E-state index contributed by atoms with van der Waals surface area (Å²) in [6, 6.07) is 16.5. The fourth-order valence-electron chi connectivity index (χ4n) is 3.88. The Hall–Kier alpha value is -4.13. The van der Waals surface area contributed by atoms with Crippen LogP contribution in [0.25, 0.3) is 21.9 Å². The van der Waals surface area contributed by atoms with Crippen molar-refractivity contribution in [1.82, 2.24) is 9.97 Å². The van der Waals surface area contributed by atoms with Crippen molar-refractivity contribution in [2.24, 2.45) is 5.92 Å². The summed E-state index contributed by atoms with van der Waals surface area (Å²) in [5, 5.41) is 4.73. The minimum Gasteiger partial charge on any atom is -0.481 e. The summed E-state index contributed by atoms with van der Waals surface area (Å²) in [7, 11) is 0. The standard InChI is InChI=1S/C27H28N4O3/c1-16(2)13-24(34-20-8-6-18-10-12-29-25(28)22(18)15-20)27(33)31-23-9-7-19(14-17(23)3)21-5-4-11-30-26(21)32/h4-12,14-16,24H,13H2,1-3H3,(H2,28,29)(H,30,32)(H,31,33). The van der Waals surface area contributed by atoms with Crippen molar-refractivity contribution in [3.8, 4) is 16.9 Å². The maximum absolute atomic E-state index is 13.2. The van der Waals surface area contributed by atoms with E-state index in [9.17, 15) is 9.59 Å². The molecule has 4 N–H and O–H groups in total. The summed E-state index contributed by atoms with van der Waals surface area (Å²) in [5.74, 6) is 0.988. The molecular weight excluding hydrogens is 428 g/mol. The number of nitrogen functional groups attached to an aromatic ring is 1. The number of nitrogens with zero attached hydrogens (tertiary/aromatic N) is 1. The summed E-state index contributed by atoms with van der Waals surface area (Å²) in [6.07, 6.45) is 3.12. The number of benzene rings is 2. The van der Waals surface area contributed by atoms with Crippen LogP contribution in [0.1, 0.15) is 25.8 Å². The first-order valence-electron chi connectivity index (χ1n) is 11.2. The van der Waals surface area contributed by atoms with Gasteiger partial charge in [0.25, 0.3) is 11.5 Å². The number of amides is 1. The number of pyridine rings is 2. The molecule has 0 bridgehead atoms. The highest BCUT2D eigenvalue weighted by Gasteiger charge is 2.23. The molecule has 34 heavy (non-hydrogen) atoms. The second-order valence-corrected chi connectivity index (χ2v) is 8.75. The second-order valence-electron chi connectivity index (χ2n) is 8.75. The number of aromatic nitrogens is 2. The van der Waals surface area contributed by atoms with Crippen molar-refractivity contribution in [2.45, 2.75) is 33.3 Å². The molecule has 4 aromatic rings. The third-order valence-corrected chi connectivity index (χ3v) is 5.64. The Labute approximate surface area is 198 Å². The maximum atomic E-state index is 13.2. The van der Waals surface area contributed by atoms with Gasteiger partial charge in [-0.15, -0.1) is 0 Å². The largest absolute Gasteiger partial charge is 0.481 e. The number of hydrogen-bond acceptors (Lipinski definition) is 5. The summed E-state index contributed by atoms with van der Waals surface area (Å²) in [4.78, 5) is 32.1. The third-order valence-electron chi connectivity index (χ3n) is 5.64. The molecular formula is C27H28N4O3. The van der Waals surface area contributed by atoms with E-state index in [0.29, 0.717) is 29.2 Å². The molecule has 0 aliphatic carbocycles. The van der Waals surface area contributed by atoms with Crippen LogP contribution in [-0.2, 0) is 4.79 Å². The number of ether oxygens (including phenoxy) is 1. The lowest BCUT2D eigenvalue weighted by Gasteiger charge is -2.21. The average Bonchev–Trinajstić information content (AvgIpc) is 2.80. The molecule has 174 valence electrons. The van der Waals surface area contributed by atoms with Crippen molar-refractivity contribution in [2.75, 3.05) is 11.1 Å². The SMILES string of the molecule is Cc1cc(-c2ccc[nH]c2=O)ccc1NC(=O)C(CC(C)C)Oc1ccc2ccnc(N)c2c1. The van der Waals surface area contributed by atoms with Gasteiger partial charge in [-0.2, -0.15) is 0 Å². The molecule has 0 fully saturated rings. The summed E-state index contributed by atoms with van der Waals surface area (Å²) in [6.45, 7) is 5.99. The lowest BCUT2D eigenvalue weighted by molar-refractivity contribution is -0.123. The number of H-pyrrole nitrogens is 1. The van der Waals surface area contributed by atoms with E-state index in [1.54, 1.807) is 24.5 Å². The molecule has 0 aliphatic heterocycles. The van der Waals surface area contributed by atoms with Gasteiger partial charge in [-0.1, -0.05) is 26.0 Å². The van der Waals surface area contributed by atoms with Crippen LogP contribution in [0.2, 0.25) is 0 Å². The molecule has 0 aliphatic rings. The smallest absolute Gasteiger partial charge is 0.265 e. The highest BCUT2D eigenvalue weighted by atomic mass is 16.5. The molecule has 0 saturated carbocycles. The van der Waals surface area contributed by atoms with E-state index >= 15 is 0 Å². The zero-order chi connectivity index (χ0) is 24.2. The molecule has 2 aromatic carbocycles. The van der Waals surface area contributed by atoms with Crippen molar-refractivity contribution >= 4 is 28.2 Å². The fraction of sp³-hybridized carbons (Fsp3) is 0.222. The van der Waals surface area contributed by atoms with Gasteiger partial charge in [-0.25, -0.2) is 4.98 Å². The number of aryl methyl sites for hydroxylation is 1. The third kappa shape index (κ3) is 5.09. The number of anilines is 2. The molecule has 1 amide bonds. The van der Waals surface area contributed by atoms with Gasteiger partial charge < -0.3 is 20.8 Å². The number of nitrogens with one attached hydrogen (secondary N) is 2. The average molecular weight is 457 g/mol. The number of aromatic amines is 1. The predicted octanol–water partition coefficient (Wildman–Crippen LogP) is 4.91. The highest BCUT2D eigenvalue weighted by Crippen LogP contribution is 2.27. The second kappa shape index (κ2) is 9.79. The van der Waals surface area contributed by atoms with Crippen LogP contribution in [0.15, 0.2) is 71.8 Å². The number of hydrogen-bond donors (Lipinski definition) is 3. The van der Waals surface area contributed by atoms with Crippen molar-refractivity contribution < 1.29 is 9.53 Å². The molecule has 1 atom stereocenters. The Bertz CT molecular complexity index is 1390. The zero-order valence-electron chi connectivity index (χ0n) is 19.5. The molecule has 4 rings (SSSR count). The van der Waals surface area contributed by atoms with Crippen LogP contribution in [0, 0.1) is 12.8 Å². The quantitative estimate of drug-likeness (QED) is 0.366. The summed E-state index contributed by atoms with van der Waals surface area (Å²) in [5.41, 5.74) is 8.74. The van der Waals surface area contributed by atoms with E-state index in [2.05, 4.69) is 15.3 Å². The molecule has 7 nitrogen and oxygen atoms in total. The molecule has 1 unspecified atom stereocenters. The van der Waals surface area contributed by atoms with Gasteiger partial charge in [0.15, 0.2) is 6.10 Å². The molecule has 0 radical (unpaired) electrons. The van der Waals surface area contributed by atoms with Crippen LogP contribution in [-0.4, -0.2) is 22.0 Å². The Kier molecular flexibility index (Phi) is 6.63. The number of fused-ring (bicyclic) bond motifs is 1. The van der Waals surface area contributed by atoms with E-state index in [-0.39, 0.29) is 17.4 Å². The Balaban J connectivity index is 1.56. The Morgan fingerprint density at radius 1 is 1.15 bits per heavy atom. The Morgan fingerprint density at radius 3 is 2.71 bits per heavy atom. The van der Waals surface area contributed by atoms with Crippen LogP contribution >= 0.6 is 0 Å². The monoisotopic (exact) mass is 456 g/mol. The first-order valence-corrected chi connectivity index (χ1v) is 11.2. The van der Waals surface area contributed by atoms with Gasteiger partial charge in [0.2, 0.25) is 0 Å². The minimum atomic E-state index is -0.689. The van der Waals surface area contributed by atoms with Crippen molar-refractivity contribution in [1.29, 1.82) is 0 Å². The zero-order valence-corrected chi connectivity index (χ0v) is 19.5. The topological polar surface area (TPSA) is 110 Å². The summed E-state index contributed by atoms with van der Waals surface area (Å²) < 4.78 is 6.13. The molecule has 0 saturated heterocycles. The van der Waals surface area contributed by atoms with E-state index < -0.39 is 6.10 Å². The van der Waals surface area contributed by atoms with Crippen LogP contribution in [0.4, 0.5) is 11.5 Å². The minimum absolute atomic E-state index is 0.157. The van der Waals surface area contributed by atoms with Crippen LogP contribution in [0.5, 0.6) is 5.75 Å². The number of rotatable bonds is 7. The van der Waals surface area contributed by atoms with Gasteiger partial charge in [-0.05, 0) is 78.2 Å². The lowest BCUT2D eigenvalue weighted by atomic mass is 10.0. The Morgan fingerprint density at radius 2 is 1.97 bits per heavy atom. The molecule has 7 heteroatoms. The van der Waals surface area contributed by atoms with E-state index in [4.69, 9.17) is 10.5 Å². The molecule has 2 heterocycles. The van der Waals surface area contributed by atoms with Crippen molar-refractivity contribution in [3.63, 3.8) is 0 Å². The van der Waals surface area contributed by atoms with E-state index in [1.165, 1.54) is 0 Å². The van der Waals surface area contributed by atoms with Crippen molar-refractivity contribution in [3.05, 3.63) is 82.9 Å². The molecule has 2 aromatic heterocycles. The van der Waals surface area contributed by atoms with Gasteiger partial charge in [0, 0.05) is 29.0 Å². The molecule has 0 spiro atoms. The first kappa shape index (κ1) is 23.0. The van der Waals surface area contributed by atoms with Crippen LogP contribution < -0.4 is 21.3 Å².